The minimum atomic E-state index is 0.115. The second kappa shape index (κ2) is 9.00. The molecule has 0 unspecified atom stereocenters. The van der Waals surface area contributed by atoms with E-state index < -0.39 is 0 Å². The van der Waals surface area contributed by atoms with E-state index in [9.17, 15) is 4.79 Å². The van der Waals surface area contributed by atoms with Crippen LogP contribution in [0.15, 0.2) is 35.2 Å². The Balaban J connectivity index is 2.13. The smallest absolute Gasteiger partial charge is 0.234 e. The molecule has 100 valence electrons. The number of thioether (sulfide) groups is 1. The zero-order valence-corrected chi connectivity index (χ0v) is 12.0. The van der Waals surface area contributed by atoms with E-state index in [1.54, 1.807) is 0 Å². The zero-order chi connectivity index (χ0) is 13.2. The molecular formula is C14H22N2OS. The fraction of sp³-hybridized carbons (Fsp3) is 0.500. The van der Waals surface area contributed by atoms with E-state index in [1.807, 2.05) is 37.0 Å². The Kier molecular flexibility index (Phi) is 7.53. The van der Waals surface area contributed by atoms with Gasteiger partial charge < -0.3 is 5.32 Å². The van der Waals surface area contributed by atoms with Crippen LogP contribution in [-0.4, -0.2) is 43.2 Å². The first-order chi connectivity index (χ1) is 8.72. The Morgan fingerprint density at radius 3 is 2.72 bits per heavy atom. The van der Waals surface area contributed by atoms with Gasteiger partial charge in [0.2, 0.25) is 5.91 Å². The maximum atomic E-state index is 11.5. The number of nitrogens with one attached hydrogen (secondary N) is 1. The number of likely N-dealkylation sites (N-methyl/N-ethyl adjacent to an activating group) is 1. The van der Waals surface area contributed by atoms with Gasteiger partial charge in [-0.2, -0.15) is 0 Å². The molecule has 1 aromatic carbocycles. The van der Waals surface area contributed by atoms with Crippen LogP contribution in [0.4, 0.5) is 0 Å². The van der Waals surface area contributed by atoms with Gasteiger partial charge in [0.15, 0.2) is 0 Å². The fourth-order valence-electron chi connectivity index (χ4n) is 1.48. The molecule has 0 atom stereocenters. The second-order valence-corrected chi connectivity index (χ2v) is 5.42. The van der Waals surface area contributed by atoms with Crippen LogP contribution >= 0.6 is 11.8 Å². The van der Waals surface area contributed by atoms with Gasteiger partial charge in [0.1, 0.15) is 0 Å². The first kappa shape index (κ1) is 15.1. The van der Waals surface area contributed by atoms with Gasteiger partial charge in [-0.25, -0.2) is 0 Å². The average molecular weight is 266 g/mol. The third-order valence-corrected chi connectivity index (χ3v) is 3.46. The number of carbonyl (C=O) groups excluding carboxylic acids is 1. The number of carbonyl (C=O) groups is 1. The largest absolute Gasteiger partial charge is 0.355 e. The van der Waals surface area contributed by atoms with Crippen molar-refractivity contribution in [2.45, 2.75) is 18.2 Å². The van der Waals surface area contributed by atoms with Crippen LogP contribution in [0.25, 0.3) is 0 Å². The van der Waals surface area contributed by atoms with E-state index >= 15 is 0 Å². The molecule has 0 radical (unpaired) electrons. The molecule has 1 aromatic rings. The van der Waals surface area contributed by atoms with Crippen molar-refractivity contribution in [3.63, 3.8) is 0 Å². The summed E-state index contributed by atoms with van der Waals surface area (Å²) in [6, 6.07) is 10.3. The number of rotatable bonds is 8. The van der Waals surface area contributed by atoms with Crippen LogP contribution in [0.3, 0.4) is 0 Å². The summed E-state index contributed by atoms with van der Waals surface area (Å²) in [4.78, 5) is 14.8. The zero-order valence-electron chi connectivity index (χ0n) is 11.2. The SMILES string of the molecule is CCCNC(=O)CN(C)CCSc1ccccc1. The van der Waals surface area contributed by atoms with Crippen molar-refractivity contribution >= 4 is 17.7 Å². The van der Waals surface area contributed by atoms with Gasteiger partial charge in [0.05, 0.1) is 6.54 Å². The van der Waals surface area contributed by atoms with Crippen molar-refractivity contribution in [2.75, 3.05) is 32.4 Å². The number of amides is 1. The molecule has 1 N–H and O–H groups in total. The van der Waals surface area contributed by atoms with Gasteiger partial charge in [-0.05, 0) is 25.6 Å². The van der Waals surface area contributed by atoms with E-state index in [1.165, 1.54) is 4.90 Å². The fourth-order valence-corrected chi connectivity index (χ4v) is 2.47. The highest BCUT2D eigenvalue weighted by Crippen LogP contribution is 2.16. The Hall–Kier alpha value is -1.00. The molecule has 0 heterocycles. The van der Waals surface area contributed by atoms with Crippen LogP contribution in [-0.2, 0) is 4.79 Å². The van der Waals surface area contributed by atoms with Crippen LogP contribution in [0.5, 0.6) is 0 Å². The summed E-state index contributed by atoms with van der Waals surface area (Å²) in [5.41, 5.74) is 0. The summed E-state index contributed by atoms with van der Waals surface area (Å²) < 4.78 is 0. The van der Waals surface area contributed by atoms with Crippen LogP contribution in [0.2, 0.25) is 0 Å². The van der Waals surface area contributed by atoms with Gasteiger partial charge in [0, 0.05) is 23.7 Å². The predicted molar refractivity (Wildman–Crippen MR) is 78.0 cm³/mol. The lowest BCUT2D eigenvalue weighted by atomic mass is 10.4. The van der Waals surface area contributed by atoms with E-state index in [0.29, 0.717) is 6.54 Å². The van der Waals surface area contributed by atoms with Crippen molar-refractivity contribution < 1.29 is 4.79 Å². The molecule has 18 heavy (non-hydrogen) atoms. The molecule has 0 aromatic heterocycles. The van der Waals surface area contributed by atoms with Crippen LogP contribution in [0.1, 0.15) is 13.3 Å². The van der Waals surface area contributed by atoms with E-state index in [0.717, 1.165) is 25.3 Å². The molecule has 0 aliphatic carbocycles. The second-order valence-electron chi connectivity index (χ2n) is 4.25. The van der Waals surface area contributed by atoms with Gasteiger partial charge in [-0.1, -0.05) is 25.1 Å². The first-order valence-electron chi connectivity index (χ1n) is 6.35. The van der Waals surface area contributed by atoms with Gasteiger partial charge in [0.25, 0.3) is 0 Å². The molecule has 3 nitrogen and oxygen atoms in total. The number of nitrogens with zero attached hydrogens (tertiary/aromatic N) is 1. The Morgan fingerprint density at radius 1 is 1.33 bits per heavy atom. The molecule has 0 saturated carbocycles. The van der Waals surface area contributed by atoms with Crippen molar-refractivity contribution in [3.8, 4) is 0 Å². The predicted octanol–water partition coefficient (Wildman–Crippen LogP) is 2.24. The Morgan fingerprint density at radius 2 is 2.06 bits per heavy atom. The van der Waals surface area contributed by atoms with E-state index in [2.05, 4.69) is 29.3 Å². The van der Waals surface area contributed by atoms with Gasteiger partial charge >= 0.3 is 0 Å². The Bertz CT molecular complexity index is 343. The molecule has 4 heteroatoms. The van der Waals surface area contributed by atoms with Crippen molar-refractivity contribution in [1.29, 1.82) is 0 Å². The van der Waals surface area contributed by atoms with Gasteiger partial charge in [-0.3, -0.25) is 9.69 Å². The summed E-state index contributed by atoms with van der Waals surface area (Å²) in [6.45, 7) is 4.22. The summed E-state index contributed by atoms with van der Waals surface area (Å²) in [5, 5.41) is 2.88. The lowest BCUT2D eigenvalue weighted by Gasteiger charge is -2.15. The molecule has 0 saturated heterocycles. The standard InChI is InChI=1S/C14H22N2OS/c1-3-9-15-14(17)12-16(2)10-11-18-13-7-5-4-6-8-13/h4-8H,3,9-12H2,1-2H3,(H,15,17). The maximum Gasteiger partial charge on any atom is 0.234 e. The van der Waals surface area contributed by atoms with Crippen molar-refractivity contribution in [3.05, 3.63) is 30.3 Å². The minimum Gasteiger partial charge on any atom is -0.355 e. The maximum absolute atomic E-state index is 11.5. The lowest BCUT2D eigenvalue weighted by molar-refractivity contribution is -0.121. The molecule has 0 spiro atoms. The lowest BCUT2D eigenvalue weighted by Crippen LogP contribution is -2.36. The number of hydrogen-bond donors (Lipinski definition) is 1. The molecule has 1 rings (SSSR count). The summed E-state index contributed by atoms with van der Waals surface area (Å²) in [7, 11) is 1.98. The van der Waals surface area contributed by atoms with Crippen molar-refractivity contribution in [1.82, 2.24) is 10.2 Å². The summed E-state index contributed by atoms with van der Waals surface area (Å²) in [6.07, 6.45) is 0.985. The van der Waals surface area contributed by atoms with Gasteiger partial charge in [-0.15, -0.1) is 11.8 Å². The summed E-state index contributed by atoms with van der Waals surface area (Å²) in [5.74, 6) is 1.12. The number of hydrogen-bond acceptors (Lipinski definition) is 3. The topological polar surface area (TPSA) is 32.3 Å². The monoisotopic (exact) mass is 266 g/mol. The third-order valence-electron chi connectivity index (χ3n) is 2.47. The van der Waals surface area contributed by atoms with Crippen molar-refractivity contribution in [2.24, 2.45) is 0 Å². The molecule has 0 aliphatic heterocycles. The van der Waals surface area contributed by atoms with Crippen LogP contribution < -0.4 is 5.32 Å². The molecule has 0 aliphatic rings. The third kappa shape index (κ3) is 6.67. The minimum absolute atomic E-state index is 0.115. The first-order valence-corrected chi connectivity index (χ1v) is 7.34. The molecule has 1 amide bonds. The quantitative estimate of drug-likeness (QED) is 0.732. The normalized spacial score (nSPS) is 10.6. The highest BCUT2D eigenvalue weighted by atomic mass is 32.2. The summed E-state index contributed by atoms with van der Waals surface area (Å²) >= 11 is 1.82. The molecular weight excluding hydrogens is 244 g/mol. The van der Waals surface area contributed by atoms with E-state index in [4.69, 9.17) is 0 Å². The molecule has 0 fully saturated rings. The van der Waals surface area contributed by atoms with E-state index in [-0.39, 0.29) is 5.91 Å². The Labute approximate surface area is 114 Å². The highest BCUT2D eigenvalue weighted by Gasteiger charge is 2.05. The highest BCUT2D eigenvalue weighted by molar-refractivity contribution is 7.99. The average Bonchev–Trinajstić information content (AvgIpc) is 2.37. The number of benzene rings is 1. The molecule has 0 bridgehead atoms. The van der Waals surface area contributed by atoms with Crippen LogP contribution in [0, 0.1) is 0 Å².